The molecule has 1 amide bonds. The number of hydrogen-bond donors (Lipinski definition) is 3. The molecular formula is C14H18N6OS. The van der Waals surface area contributed by atoms with E-state index in [9.17, 15) is 4.79 Å². The molecule has 3 N–H and O–H groups in total. The largest absolute Gasteiger partial charge is 0.352 e. The van der Waals surface area contributed by atoms with E-state index in [1.54, 1.807) is 0 Å². The number of aromatic amines is 1. The normalized spacial score (nSPS) is 18.1. The van der Waals surface area contributed by atoms with Gasteiger partial charge in [0.2, 0.25) is 11.7 Å². The van der Waals surface area contributed by atoms with Gasteiger partial charge in [-0.15, -0.1) is 10.2 Å². The second-order valence-electron chi connectivity index (χ2n) is 5.14. The molecule has 0 aliphatic carbocycles. The van der Waals surface area contributed by atoms with Gasteiger partial charge in [-0.25, -0.2) is 0 Å². The lowest BCUT2D eigenvalue weighted by Gasteiger charge is -2.22. The molecule has 1 aliphatic rings. The summed E-state index contributed by atoms with van der Waals surface area (Å²) in [4.78, 5) is 11.9. The van der Waals surface area contributed by atoms with Gasteiger partial charge in [0.25, 0.3) is 0 Å². The monoisotopic (exact) mass is 318 g/mol. The number of aromatic nitrogens is 4. The first-order valence-electron chi connectivity index (χ1n) is 7.22. The van der Waals surface area contributed by atoms with E-state index in [2.05, 4.69) is 31.3 Å². The highest BCUT2D eigenvalue weighted by Gasteiger charge is 2.16. The molecule has 1 aliphatic heterocycles. The molecule has 2 heterocycles. The fraction of sp³-hybridized carbons (Fsp3) is 0.429. The maximum Gasteiger partial charge on any atom is 0.221 e. The minimum atomic E-state index is 0.0854. The predicted octanol–water partition coefficient (Wildman–Crippen LogP) is 0.578. The van der Waals surface area contributed by atoms with Crippen LogP contribution in [0.2, 0.25) is 0 Å². The maximum absolute atomic E-state index is 11.9. The van der Waals surface area contributed by atoms with E-state index < -0.39 is 0 Å². The van der Waals surface area contributed by atoms with Crippen LogP contribution in [0.1, 0.15) is 12.0 Å². The standard InChI is InChI=1S/C14H18N6OS/c21-13(7-12-9-22-6-5-15-12)16-8-10-1-3-11(4-2-10)14-17-19-20-18-14/h1-4,12,15H,5-9H2,(H,16,21)(H,17,18,19,20). The zero-order valence-electron chi connectivity index (χ0n) is 12.1. The Hall–Kier alpha value is -1.93. The van der Waals surface area contributed by atoms with Crippen molar-refractivity contribution in [3.8, 4) is 11.4 Å². The van der Waals surface area contributed by atoms with Gasteiger partial charge in [0.15, 0.2) is 0 Å². The molecule has 1 unspecified atom stereocenters. The summed E-state index contributed by atoms with van der Waals surface area (Å²) in [5.74, 6) is 2.79. The lowest BCUT2D eigenvalue weighted by Crippen LogP contribution is -2.41. The van der Waals surface area contributed by atoms with Gasteiger partial charge in [-0.1, -0.05) is 24.3 Å². The quantitative estimate of drug-likeness (QED) is 0.746. The Bertz CT molecular complexity index is 594. The molecular weight excluding hydrogens is 300 g/mol. The van der Waals surface area contributed by atoms with Crippen LogP contribution in [0.15, 0.2) is 24.3 Å². The van der Waals surface area contributed by atoms with Gasteiger partial charge in [0, 0.05) is 42.6 Å². The van der Waals surface area contributed by atoms with Crippen molar-refractivity contribution in [2.24, 2.45) is 0 Å². The lowest BCUT2D eigenvalue weighted by molar-refractivity contribution is -0.121. The third-order valence-electron chi connectivity index (χ3n) is 3.48. The summed E-state index contributed by atoms with van der Waals surface area (Å²) in [5, 5.41) is 20.2. The molecule has 22 heavy (non-hydrogen) atoms. The summed E-state index contributed by atoms with van der Waals surface area (Å²) in [6.45, 7) is 1.52. The Labute approximate surface area is 132 Å². The highest BCUT2D eigenvalue weighted by atomic mass is 32.2. The molecule has 7 nitrogen and oxygen atoms in total. The number of nitrogens with zero attached hydrogens (tertiary/aromatic N) is 3. The number of benzene rings is 1. The average Bonchev–Trinajstić information content (AvgIpc) is 3.09. The summed E-state index contributed by atoms with van der Waals surface area (Å²) in [5.41, 5.74) is 1.94. The number of nitrogens with one attached hydrogen (secondary N) is 3. The fourth-order valence-electron chi connectivity index (χ4n) is 2.30. The van der Waals surface area contributed by atoms with Gasteiger partial charge < -0.3 is 10.6 Å². The van der Waals surface area contributed by atoms with Crippen molar-refractivity contribution in [1.82, 2.24) is 31.3 Å². The van der Waals surface area contributed by atoms with Crippen molar-refractivity contribution in [2.75, 3.05) is 18.1 Å². The van der Waals surface area contributed by atoms with Gasteiger partial charge in [-0.3, -0.25) is 4.79 Å². The average molecular weight is 318 g/mol. The highest BCUT2D eigenvalue weighted by Crippen LogP contribution is 2.14. The molecule has 0 spiro atoms. The predicted molar refractivity (Wildman–Crippen MR) is 85.2 cm³/mol. The first-order valence-corrected chi connectivity index (χ1v) is 8.37. The van der Waals surface area contributed by atoms with Crippen LogP contribution in [-0.2, 0) is 11.3 Å². The van der Waals surface area contributed by atoms with Crippen molar-refractivity contribution in [2.45, 2.75) is 19.0 Å². The number of thioether (sulfide) groups is 1. The molecule has 1 aromatic heterocycles. The third-order valence-corrected chi connectivity index (χ3v) is 4.61. The second kappa shape index (κ2) is 7.37. The van der Waals surface area contributed by atoms with Crippen LogP contribution >= 0.6 is 11.8 Å². The van der Waals surface area contributed by atoms with Gasteiger partial charge in [0.05, 0.1) is 0 Å². The molecule has 8 heteroatoms. The van der Waals surface area contributed by atoms with E-state index in [0.717, 1.165) is 29.2 Å². The minimum absolute atomic E-state index is 0.0854. The number of carbonyl (C=O) groups excluding carboxylic acids is 1. The van der Waals surface area contributed by atoms with Crippen LogP contribution in [0.5, 0.6) is 0 Å². The van der Waals surface area contributed by atoms with Crippen molar-refractivity contribution < 1.29 is 4.79 Å². The van der Waals surface area contributed by atoms with E-state index >= 15 is 0 Å². The van der Waals surface area contributed by atoms with Gasteiger partial charge >= 0.3 is 0 Å². The van der Waals surface area contributed by atoms with Crippen LogP contribution in [0.3, 0.4) is 0 Å². The highest BCUT2D eigenvalue weighted by molar-refractivity contribution is 7.99. The van der Waals surface area contributed by atoms with Crippen molar-refractivity contribution in [1.29, 1.82) is 0 Å². The summed E-state index contributed by atoms with van der Waals surface area (Å²) in [6.07, 6.45) is 0.536. The Morgan fingerprint density at radius 3 is 2.91 bits per heavy atom. The molecule has 2 aromatic rings. The maximum atomic E-state index is 11.9. The van der Waals surface area contributed by atoms with Gasteiger partial charge in [-0.2, -0.15) is 17.0 Å². The van der Waals surface area contributed by atoms with E-state index in [1.807, 2.05) is 36.0 Å². The zero-order valence-corrected chi connectivity index (χ0v) is 12.9. The second-order valence-corrected chi connectivity index (χ2v) is 6.29. The Morgan fingerprint density at radius 1 is 1.36 bits per heavy atom. The van der Waals surface area contributed by atoms with Crippen LogP contribution in [-0.4, -0.2) is 50.6 Å². The Morgan fingerprint density at radius 2 is 2.23 bits per heavy atom. The summed E-state index contributed by atoms with van der Waals surface area (Å²) in [6, 6.07) is 8.05. The molecule has 1 saturated heterocycles. The van der Waals surface area contributed by atoms with Crippen molar-refractivity contribution in [3.05, 3.63) is 29.8 Å². The smallest absolute Gasteiger partial charge is 0.221 e. The first-order chi connectivity index (χ1) is 10.8. The SMILES string of the molecule is O=C(CC1CSCCN1)NCc1ccc(-c2nn[nH]n2)cc1. The van der Waals surface area contributed by atoms with E-state index in [4.69, 9.17) is 0 Å². The fourth-order valence-corrected chi connectivity index (χ4v) is 3.25. The number of tetrazole rings is 1. The number of hydrogen-bond acceptors (Lipinski definition) is 6. The third kappa shape index (κ3) is 4.05. The number of rotatable bonds is 5. The molecule has 3 rings (SSSR count). The van der Waals surface area contributed by atoms with Crippen LogP contribution < -0.4 is 10.6 Å². The van der Waals surface area contributed by atoms with Crippen LogP contribution in [0.25, 0.3) is 11.4 Å². The minimum Gasteiger partial charge on any atom is -0.352 e. The molecule has 1 fully saturated rings. The summed E-state index contributed by atoms with van der Waals surface area (Å²) < 4.78 is 0. The molecule has 0 radical (unpaired) electrons. The van der Waals surface area contributed by atoms with Crippen molar-refractivity contribution >= 4 is 17.7 Å². The van der Waals surface area contributed by atoms with Crippen molar-refractivity contribution in [3.63, 3.8) is 0 Å². The van der Waals surface area contributed by atoms with Crippen LogP contribution in [0.4, 0.5) is 0 Å². The molecule has 0 bridgehead atoms. The summed E-state index contributed by atoms with van der Waals surface area (Å²) in [7, 11) is 0. The molecule has 0 saturated carbocycles. The van der Waals surface area contributed by atoms with Gasteiger partial charge in [0.1, 0.15) is 0 Å². The Balaban J connectivity index is 1.47. The lowest BCUT2D eigenvalue weighted by atomic mass is 10.1. The van der Waals surface area contributed by atoms with E-state index in [0.29, 0.717) is 24.8 Å². The van der Waals surface area contributed by atoms with E-state index in [-0.39, 0.29) is 5.91 Å². The first kappa shape index (κ1) is 15.0. The molecule has 1 aromatic carbocycles. The number of carbonyl (C=O) groups is 1. The topological polar surface area (TPSA) is 95.6 Å². The number of H-pyrrole nitrogens is 1. The number of amides is 1. The van der Waals surface area contributed by atoms with Gasteiger partial charge in [-0.05, 0) is 10.8 Å². The molecule has 116 valence electrons. The Kier molecular flexibility index (Phi) is 5.02. The van der Waals surface area contributed by atoms with E-state index in [1.165, 1.54) is 0 Å². The zero-order chi connectivity index (χ0) is 15.2. The summed E-state index contributed by atoms with van der Waals surface area (Å²) >= 11 is 1.90. The van der Waals surface area contributed by atoms with Crippen LogP contribution in [0, 0.1) is 0 Å². The molecule has 1 atom stereocenters.